The van der Waals surface area contributed by atoms with Crippen LogP contribution in [0.25, 0.3) is 0 Å². The quantitative estimate of drug-likeness (QED) is 0.619. The fourth-order valence-electron chi connectivity index (χ4n) is 1.18. The minimum absolute atomic E-state index is 0.0513. The molecular formula is C10H15N3O4S. The maximum atomic E-state index is 11.3. The number of carboxylic acids is 1. The molecule has 0 saturated heterocycles. The molecule has 1 aromatic heterocycles. The molecule has 0 saturated carbocycles. The first-order valence-corrected chi connectivity index (χ1v) is 6.06. The number of aromatic carboxylic acids is 1. The molecule has 0 aliphatic heterocycles. The lowest BCUT2D eigenvalue weighted by Crippen LogP contribution is -2.32. The van der Waals surface area contributed by atoms with Crippen molar-refractivity contribution < 1.29 is 19.4 Å². The lowest BCUT2D eigenvalue weighted by atomic mass is 10.4. The van der Waals surface area contributed by atoms with Crippen molar-refractivity contribution in [2.24, 2.45) is 0 Å². The van der Waals surface area contributed by atoms with Crippen LogP contribution >= 0.6 is 11.3 Å². The Kier molecular flexibility index (Phi) is 5.53. The summed E-state index contributed by atoms with van der Waals surface area (Å²) in [5.41, 5.74) is 0.440. The minimum Gasteiger partial charge on any atom is -0.477 e. The molecule has 0 radical (unpaired) electrons. The Morgan fingerprint density at radius 3 is 2.78 bits per heavy atom. The predicted octanol–water partition coefficient (Wildman–Crippen LogP) is 0.324. The number of carbonyl (C=O) groups excluding carboxylic acids is 1. The molecule has 0 aliphatic rings. The highest BCUT2D eigenvalue weighted by molar-refractivity contribution is 7.17. The smallest absolute Gasteiger partial charge is 0.347 e. The number of amides is 1. The SMILES string of the molecule is COCCNC(=O)CNc1nc(C)c(C(=O)O)s1. The van der Waals surface area contributed by atoms with Gasteiger partial charge in [-0.2, -0.15) is 0 Å². The van der Waals surface area contributed by atoms with Crippen LogP contribution in [0.1, 0.15) is 15.4 Å². The van der Waals surface area contributed by atoms with Crippen molar-refractivity contribution >= 4 is 28.3 Å². The van der Waals surface area contributed by atoms with Crippen LogP contribution in [-0.4, -0.2) is 48.8 Å². The second kappa shape index (κ2) is 6.92. The number of nitrogens with one attached hydrogen (secondary N) is 2. The summed E-state index contributed by atoms with van der Waals surface area (Å²) in [6.45, 7) is 2.55. The number of aromatic nitrogens is 1. The molecule has 0 unspecified atom stereocenters. The largest absolute Gasteiger partial charge is 0.477 e. The highest BCUT2D eigenvalue weighted by Crippen LogP contribution is 2.21. The van der Waals surface area contributed by atoms with Gasteiger partial charge in [-0.3, -0.25) is 4.79 Å². The summed E-state index contributed by atoms with van der Waals surface area (Å²) in [4.78, 5) is 26.3. The fraction of sp³-hybridized carbons (Fsp3) is 0.500. The molecule has 0 aromatic carbocycles. The Balaban J connectivity index is 2.41. The van der Waals surface area contributed by atoms with Gasteiger partial charge in [-0.1, -0.05) is 11.3 Å². The van der Waals surface area contributed by atoms with Crippen molar-refractivity contribution in [3.8, 4) is 0 Å². The monoisotopic (exact) mass is 273 g/mol. The summed E-state index contributed by atoms with van der Waals surface area (Å²) in [7, 11) is 1.55. The number of carboxylic acid groups (broad SMARTS) is 1. The minimum atomic E-state index is -1.01. The summed E-state index contributed by atoms with van der Waals surface area (Å²) in [5, 5.41) is 14.7. The number of rotatable bonds is 7. The Bertz CT molecular complexity index is 433. The van der Waals surface area contributed by atoms with Gasteiger partial charge in [-0.25, -0.2) is 9.78 Å². The van der Waals surface area contributed by atoms with E-state index in [0.717, 1.165) is 11.3 Å². The van der Waals surface area contributed by atoms with Gasteiger partial charge in [0.25, 0.3) is 0 Å². The van der Waals surface area contributed by atoms with Crippen molar-refractivity contribution in [2.75, 3.05) is 32.1 Å². The van der Waals surface area contributed by atoms with Crippen LogP contribution in [0.5, 0.6) is 0 Å². The molecule has 7 nitrogen and oxygen atoms in total. The first-order valence-electron chi connectivity index (χ1n) is 5.24. The molecule has 0 aliphatic carbocycles. The van der Waals surface area contributed by atoms with Gasteiger partial charge < -0.3 is 20.5 Å². The van der Waals surface area contributed by atoms with E-state index in [-0.39, 0.29) is 17.3 Å². The van der Waals surface area contributed by atoms with Gasteiger partial charge in [0, 0.05) is 13.7 Å². The van der Waals surface area contributed by atoms with Crippen LogP contribution in [0.2, 0.25) is 0 Å². The predicted molar refractivity (Wildman–Crippen MR) is 67.2 cm³/mol. The van der Waals surface area contributed by atoms with Crippen molar-refractivity contribution in [1.82, 2.24) is 10.3 Å². The van der Waals surface area contributed by atoms with Crippen molar-refractivity contribution in [3.63, 3.8) is 0 Å². The highest BCUT2D eigenvalue weighted by atomic mass is 32.1. The van der Waals surface area contributed by atoms with Gasteiger partial charge in [0.15, 0.2) is 5.13 Å². The van der Waals surface area contributed by atoms with Gasteiger partial charge in [-0.05, 0) is 6.92 Å². The Morgan fingerprint density at radius 2 is 2.22 bits per heavy atom. The molecule has 1 amide bonds. The summed E-state index contributed by atoms with van der Waals surface area (Å²) in [6.07, 6.45) is 0. The first kappa shape index (κ1) is 14.4. The van der Waals surface area contributed by atoms with Gasteiger partial charge in [0.05, 0.1) is 18.8 Å². The number of ether oxygens (including phenoxy) is 1. The third kappa shape index (κ3) is 4.30. The maximum absolute atomic E-state index is 11.3. The molecule has 1 aromatic rings. The molecule has 100 valence electrons. The van der Waals surface area contributed by atoms with E-state index < -0.39 is 5.97 Å². The van der Waals surface area contributed by atoms with Crippen LogP contribution < -0.4 is 10.6 Å². The number of carbonyl (C=O) groups is 2. The number of aryl methyl sites for hydroxylation is 1. The molecule has 0 bridgehead atoms. The molecular weight excluding hydrogens is 258 g/mol. The average molecular weight is 273 g/mol. The van der Waals surface area contributed by atoms with Gasteiger partial charge in [0.1, 0.15) is 4.88 Å². The van der Waals surface area contributed by atoms with Crippen molar-refractivity contribution in [1.29, 1.82) is 0 Å². The van der Waals surface area contributed by atoms with E-state index in [1.807, 2.05) is 0 Å². The molecule has 0 fully saturated rings. The lowest BCUT2D eigenvalue weighted by molar-refractivity contribution is -0.119. The maximum Gasteiger partial charge on any atom is 0.347 e. The van der Waals surface area contributed by atoms with E-state index in [9.17, 15) is 9.59 Å². The molecule has 1 rings (SSSR count). The van der Waals surface area contributed by atoms with E-state index >= 15 is 0 Å². The average Bonchev–Trinajstić information content (AvgIpc) is 2.68. The van der Waals surface area contributed by atoms with E-state index in [4.69, 9.17) is 9.84 Å². The standard InChI is InChI=1S/C10H15N3O4S/c1-6-8(9(15)16)18-10(13-6)12-5-7(14)11-3-4-17-2/h3-5H2,1-2H3,(H,11,14)(H,12,13)(H,15,16). The van der Waals surface area contributed by atoms with E-state index in [1.54, 1.807) is 14.0 Å². The van der Waals surface area contributed by atoms with E-state index in [2.05, 4.69) is 15.6 Å². The highest BCUT2D eigenvalue weighted by Gasteiger charge is 2.14. The van der Waals surface area contributed by atoms with Crippen molar-refractivity contribution in [3.05, 3.63) is 10.6 Å². The lowest BCUT2D eigenvalue weighted by Gasteiger charge is -2.04. The molecule has 3 N–H and O–H groups in total. The summed E-state index contributed by atoms with van der Waals surface area (Å²) >= 11 is 1.01. The molecule has 0 spiro atoms. The number of thiazole rings is 1. The van der Waals surface area contributed by atoms with Gasteiger partial charge in [0.2, 0.25) is 5.91 Å². The molecule has 0 atom stereocenters. The normalized spacial score (nSPS) is 10.1. The van der Waals surface area contributed by atoms with Crippen LogP contribution in [-0.2, 0) is 9.53 Å². The second-order valence-corrected chi connectivity index (χ2v) is 4.43. The van der Waals surface area contributed by atoms with Crippen molar-refractivity contribution in [2.45, 2.75) is 6.92 Å². The van der Waals surface area contributed by atoms with E-state index in [1.165, 1.54) is 0 Å². The summed E-state index contributed by atoms with van der Waals surface area (Å²) < 4.78 is 4.79. The summed E-state index contributed by atoms with van der Waals surface area (Å²) in [6, 6.07) is 0. The zero-order valence-electron chi connectivity index (χ0n) is 10.1. The Labute approximate surface area is 108 Å². The Morgan fingerprint density at radius 1 is 1.50 bits per heavy atom. The van der Waals surface area contributed by atoms with Crippen LogP contribution in [0.15, 0.2) is 0 Å². The number of hydrogen-bond donors (Lipinski definition) is 3. The number of anilines is 1. The Hall–Kier alpha value is -1.67. The zero-order chi connectivity index (χ0) is 13.5. The van der Waals surface area contributed by atoms with Crippen LogP contribution in [0.4, 0.5) is 5.13 Å². The number of methoxy groups -OCH3 is 1. The number of hydrogen-bond acceptors (Lipinski definition) is 6. The third-order valence-corrected chi connectivity index (χ3v) is 3.12. The van der Waals surface area contributed by atoms with Gasteiger partial charge in [-0.15, -0.1) is 0 Å². The second-order valence-electron chi connectivity index (χ2n) is 3.44. The zero-order valence-corrected chi connectivity index (χ0v) is 11.0. The fourth-order valence-corrected chi connectivity index (χ4v) is 1.98. The summed E-state index contributed by atoms with van der Waals surface area (Å²) in [5.74, 6) is -1.21. The van der Waals surface area contributed by atoms with E-state index in [0.29, 0.717) is 24.0 Å². The third-order valence-electron chi connectivity index (χ3n) is 2.02. The molecule has 8 heteroatoms. The van der Waals surface area contributed by atoms with Gasteiger partial charge >= 0.3 is 5.97 Å². The molecule has 18 heavy (non-hydrogen) atoms. The first-order chi connectivity index (χ1) is 8.54. The van der Waals surface area contributed by atoms with Crippen LogP contribution in [0, 0.1) is 6.92 Å². The number of nitrogens with zero attached hydrogens (tertiary/aromatic N) is 1. The molecule has 1 heterocycles. The van der Waals surface area contributed by atoms with Crippen LogP contribution in [0.3, 0.4) is 0 Å². The topological polar surface area (TPSA) is 101 Å².